The van der Waals surface area contributed by atoms with Crippen LogP contribution in [0.1, 0.15) is 11.6 Å². The van der Waals surface area contributed by atoms with Crippen LogP contribution in [0.25, 0.3) is 0 Å². The van der Waals surface area contributed by atoms with E-state index >= 15 is 0 Å². The smallest absolute Gasteiger partial charge is 0.153 e. The summed E-state index contributed by atoms with van der Waals surface area (Å²) in [5.41, 5.74) is 0.199. The molecule has 1 aliphatic rings. The molecular weight excluding hydrogens is 236 g/mol. The summed E-state index contributed by atoms with van der Waals surface area (Å²) in [7, 11) is -3.13. The standard InChI is InChI=1S/C10H11F2NO2S/c11-7-1-2-8(9(12)5-7)10-6-16(14,15)4-3-13-10/h1-2,5,10,13H,3-4,6H2. The van der Waals surface area contributed by atoms with E-state index in [-0.39, 0.29) is 17.1 Å². The second-order valence-electron chi connectivity index (χ2n) is 3.79. The van der Waals surface area contributed by atoms with Gasteiger partial charge in [0.25, 0.3) is 0 Å². The Hall–Kier alpha value is -1.01. The highest BCUT2D eigenvalue weighted by molar-refractivity contribution is 7.91. The Morgan fingerprint density at radius 3 is 2.69 bits per heavy atom. The van der Waals surface area contributed by atoms with Crippen LogP contribution in [0.15, 0.2) is 18.2 Å². The molecule has 0 saturated carbocycles. The van der Waals surface area contributed by atoms with Gasteiger partial charge in [0, 0.05) is 24.2 Å². The van der Waals surface area contributed by atoms with Crippen molar-refractivity contribution in [2.75, 3.05) is 18.1 Å². The third kappa shape index (κ3) is 2.38. The highest BCUT2D eigenvalue weighted by atomic mass is 32.2. The van der Waals surface area contributed by atoms with Crippen LogP contribution >= 0.6 is 0 Å². The Balaban J connectivity index is 2.30. The van der Waals surface area contributed by atoms with Crippen molar-refractivity contribution >= 4 is 9.84 Å². The van der Waals surface area contributed by atoms with Crippen LogP contribution in [0.2, 0.25) is 0 Å². The zero-order valence-corrected chi connectivity index (χ0v) is 9.23. The molecule has 88 valence electrons. The molecule has 3 nitrogen and oxygen atoms in total. The lowest BCUT2D eigenvalue weighted by atomic mass is 10.1. The first-order valence-electron chi connectivity index (χ1n) is 4.87. The predicted molar refractivity (Wildman–Crippen MR) is 55.8 cm³/mol. The van der Waals surface area contributed by atoms with Gasteiger partial charge in [0.05, 0.1) is 11.5 Å². The van der Waals surface area contributed by atoms with E-state index in [0.717, 1.165) is 12.1 Å². The summed E-state index contributed by atoms with van der Waals surface area (Å²) in [6, 6.07) is 2.59. The van der Waals surface area contributed by atoms with Crippen LogP contribution in [-0.2, 0) is 9.84 Å². The minimum Gasteiger partial charge on any atom is -0.308 e. The van der Waals surface area contributed by atoms with Crippen molar-refractivity contribution in [3.8, 4) is 0 Å². The average Bonchev–Trinajstić information content (AvgIpc) is 2.15. The van der Waals surface area contributed by atoms with Crippen molar-refractivity contribution in [3.63, 3.8) is 0 Å². The molecule has 1 saturated heterocycles. The summed E-state index contributed by atoms with van der Waals surface area (Å²) in [6.07, 6.45) is 0. The number of hydrogen-bond donors (Lipinski definition) is 1. The molecule has 0 aliphatic carbocycles. The summed E-state index contributed by atoms with van der Waals surface area (Å²) in [5.74, 6) is -1.46. The zero-order chi connectivity index (χ0) is 11.8. The van der Waals surface area contributed by atoms with Crippen molar-refractivity contribution < 1.29 is 17.2 Å². The second kappa shape index (κ2) is 4.10. The number of rotatable bonds is 1. The Morgan fingerprint density at radius 2 is 2.06 bits per heavy atom. The maximum Gasteiger partial charge on any atom is 0.153 e. The first-order valence-corrected chi connectivity index (χ1v) is 6.69. The average molecular weight is 247 g/mol. The van der Waals surface area contributed by atoms with Gasteiger partial charge in [0.2, 0.25) is 0 Å². The molecule has 1 fully saturated rings. The third-order valence-electron chi connectivity index (χ3n) is 2.56. The largest absolute Gasteiger partial charge is 0.308 e. The molecule has 1 unspecified atom stereocenters. The molecule has 6 heteroatoms. The van der Waals surface area contributed by atoms with E-state index in [1.165, 1.54) is 6.07 Å². The first kappa shape index (κ1) is 11.5. The topological polar surface area (TPSA) is 46.2 Å². The Kier molecular flexibility index (Phi) is 2.94. The SMILES string of the molecule is O=S1(=O)CCNC(c2ccc(F)cc2F)C1. The minimum atomic E-state index is -3.13. The fourth-order valence-electron chi connectivity index (χ4n) is 1.77. The molecule has 1 N–H and O–H groups in total. The van der Waals surface area contributed by atoms with E-state index < -0.39 is 27.5 Å². The second-order valence-corrected chi connectivity index (χ2v) is 6.02. The van der Waals surface area contributed by atoms with E-state index in [1.807, 2.05) is 0 Å². The van der Waals surface area contributed by atoms with Gasteiger partial charge >= 0.3 is 0 Å². The summed E-state index contributed by atoms with van der Waals surface area (Å²) in [4.78, 5) is 0. The number of nitrogens with one attached hydrogen (secondary N) is 1. The van der Waals surface area contributed by atoms with Crippen LogP contribution in [0, 0.1) is 11.6 Å². The van der Waals surface area contributed by atoms with Crippen molar-refractivity contribution in [3.05, 3.63) is 35.4 Å². The molecule has 1 aromatic carbocycles. The molecule has 0 radical (unpaired) electrons. The first-order chi connectivity index (χ1) is 7.48. The van der Waals surface area contributed by atoms with Gasteiger partial charge in [-0.1, -0.05) is 6.07 Å². The summed E-state index contributed by atoms with van der Waals surface area (Å²) in [6.45, 7) is 0.295. The van der Waals surface area contributed by atoms with Gasteiger partial charge in [-0.3, -0.25) is 0 Å². The fraction of sp³-hybridized carbons (Fsp3) is 0.400. The summed E-state index contributed by atoms with van der Waals surface area (Å²) < 4.78 is 48.9. The van der Waals surface area contributed by atoms with Gasteiger partial charge < -0.3 is 5.32 Å². The quantitative estimate of drug-likeness (QED) is 0.806. The Bertz CT molecular complexity index is 502. The van der Waals surface area contributed by atoms with Gasteiger partial charge in [-0.15, -0.1) is 0 Å². The van der Waals surface area contributed by atoms with Crippen molar-refractivity contribution in [2.45, 2.75) is 6.04 Å². The van der Waals surface area contributed by atoms with E-state index in [0.29, 0.717) is 6.54 Å². The molecule has 0 spiro atoms. The van der Waals surface area contributed by atoms with E-state index in [4.69, 9.17) is 0 Å². The Morgan fingerprint density at radius 1 is 1.31 bits per heavy atom. The maximum absolute atomic E-state index is 13.4. The summed E-state index contributed by atoms with van der Waals surface area (Å²) in [5, 5.41) is 2.91. The van der Waals surface area contributed by atoms with Gasteiger partial charge in [0.1, 0.15) is 11.6 Å². The van der Waals surface area contributed by atoms with Gasteiger partial charge in [0.15, 0.2) is 9.84 Å². The number of halogens is 2. The van der Waals surface area contributed by atoms with Gasteiger partial charge in [-0.05, 0) is 6.07 Å². The van der Waals surface area contributed by atoms with E-state index in [2.05, 4.69) is 5.32 Å². The Labute approximate surface area is 92.4 Å². The fourth-order valence-corrected chi connectivity index (χ4v) is 3.17. The molecule has 1 heterocycles. The number of hydrogen-bond acceptors (Lipinski definition) is 3. The van der Waals surface area contributed by atoms with Crippen LogP contribution in [-0.4, -0.2) is 26.5 Å². The number of benzene rings is 1. The minimum absolute atomic E-state index is 0.0618. The molecule has 0 bridgehead atoms. The van der Waals surface area contributed by atoms with E-state index in [9.17, 15) is 17.2 Å². The lowest BCUT2D eigenvalue weighted by Crippen LogP contribution is -2.39. The van der Waals surface area contributed by atoms with Crippen molar-refractivity contribution in [2.24, 2.45) is 0 Å². The lowest BCUT2D eigenvalue weighted by molar-refractivity contribution is 0.503. The molecule has 1 aliphatic heterocycles. The predicted octanol–water partition coefficient (Wildman–Crippen LogP) is 1.02. The van der Waals surface area contributed by atoms with Crippen LogP contribution in [0.5, 0.6) is 0 Å². The van der Waals surface area contributed by atoms with Crippen molar-refractivity contribution in [1.82, 2.24) is 5.32 Å². The van der Waals surface area contributed by atoms with Crippen LogP contribution < -0.4 is 5.32 Å². The third-order valence-corrected chi connectivity index (χ3v) is 4.23. The molecule has 2 rings (SSSR count). The van der Waals surface area contributed by atoms with Crippen LogP contribution in [0.3, 0.4) is 0 Å². The van der Waals surface area contributed by atoms with Crippen LogP contribution in [0.4, 0.5) is 8.78 Å². The summed E-state index contributed by atoms with van der Waals surface area (Å²) >= 11 is 0. The van der Waals surface area contributed by atoms with Gasteiger partial charge in [-0.2, -0.15) is 0 Å². The maximum atomic E-state index is 13.4. The zero-order valence-electron chi connectivity index (χ0n) is 8.41. The number of sulfone groups is 1. The molecule has 16 heavy (non-hydrogen) atoms. The van der Waals surface area contributed by atoms with E-state index in [1.54, 1.807) is 0 Å². The highest BCUT2D eigenvalue weighted by Gasteiger charge is 2.27. The monoisotopic (exact) mass is 247 g/mol. The molecule has 0 aromatic heterocycles. The normalized spacial score (nSPS) is 24.2. The molecule has 1 atom stereocenters. The van der Waals surface area contributed by atoms with Gasteiger partial charge in [-0.25, -0.2) is 17.2 Å². The van der Waals surface area contributed by atoms with Crippen molar-refractivity contribution in [1.29, 1.82) is 0 Å². The molecular formula is C10H11F2NO2S. The molecule has 1 aromatic rings. The highest BCUT2D eigenvalue weighted by Crippen LogP contribution is 2.22. The lowest BCUT2D eigenvalue weighted by Gasteiger charge is -2.24. The molecule has 0 amide bonds.